The molecule has 0 radical (unpaired) electrons. The molecule has 1 amide bonds. The summed E-state index contributed by atoms with van der Waals surface area (Å²) in [6.45, 7) is 1.17. The van der Waals surface area contributed by atoms with Gasteiger partial charge in [0, 0.05) is 19.3 Å². The van der Waals surface area contributed by atoms with Crippen LogP contribution in [0.1, 0.15) is 16.7 Å². The Morgan fingerprint density at radius 2 is 2.00 bits per heavy atom. The van der Waals surface area contributed by atoms with Gasteiger partial charge in [-0.25, -0.2) is 4.98 Å². The number of pyridine rings is 1. The molecule has 8 heteroatoms. The molecular formula is C17H14ClF3N2OS. The molecule has 3 rings (SSSR count). The lowest BCUT2D eigenvalue weighted by Gasteiger charge is -2.28. The van der Waals surface area contributed by atoms with E-state index in [0.717, 1.165) is 36.0 Å². The Hall–Kier alpha value is -1.73. The first-order valence-electron chi connectivity index (χ1n) is 7.54. The number of nitrogens with zero attached hydrogens (tertiary/aromatic N) is 2. The Kier molecular flexibility index (Phi) is 5.24. The summed E-state index contributed by atoms with van der Waals surface area (Å²) in [4.78, 5) is 17.9. The Morgan fingerprint density at radius 3 is 2.68 bits per heavy atom. The highest BCUT2D eigenvalue weighted by Crippen LogP contribution is 2.33. The molecule has 0 bridgehead atoms. The number of aromatic nitrogens is 1. The van der Waals surface area contributed by atoms with E-state index in [-0.39, 0.29) is 21.7 Å². The first kappa shape index (κ1) is 18.1. The minimum Gasteiger partial charge on any atom is -0.337 e. The third-order valence-corrected chi connectivity index (χ3v) is 5.34. The fourth-order valence-corrected chi connectivity index (χ4v) is 3.71. The summed E-state index contributed by atoms with van der Waals surface area (Å²) in [6.07, 6.45) is -2.96. The van der Waals surface area contributed by atoms with Crippen LogP contribution in [0, 0.1) is 0 Å². The average Bonchev–Trinajstić information content (AvgIpc) is 2.59. The highest BCUT2D eigenvalue weighted by atomic mass is 35.5. The van der Waals surface area contributed by atoms with Gasteiger partial charge >= 0.3 is 6.18 Å². The normalized spacial score (nSPS) is 14.3. The zero-order valence-corrected chi connectivity index (χ0v) is 14.6. The van der Waals surface area contributed by atoms with Crippen LogP contribution >= 0.6 is 23.4 Å². The molecule has 1 aromatic carbocycles. The molecule has 0 unspecified atom stereocenters. The highest BCUT2D eigenvalue weighted by molar-refractivity contribution is 8.00. The van der Waals surface area contributed by atoms with E-state index in [4.69, 9.17) is 11.6 Å². The number of fused-ring (bicyclic) bond motifs is 1. The molecule has 0 atom stereocenters. The topological polar surface area (TPSA) is 33.2 Å². The van der Waals surface area contributed by atoms with Crippen molar-refractivity contribution in [2.45, 2.75) is 24.2 Å². The number of carbonyl (C=O) groups is 1. The van der Waals surface area contributed by atoms with Crippen LogP contribution in [0.25, 0.3) is 0 Å². The number of benzene rings is 1. The van der Waals surface area contributed by atoms with E-state index in [2.05, 4.69) is 11.1 Å². The molecule has 0 fully saturated rings. The molecule has 0 spiro atoms. The molecule has 132 valence electrons. The van der Waals surface area contributed by atoms with Crippen molar-refractivity contribution in [2.75, 3.05) is 12.3 Å². The Labute approximate surface area is 152 Å². The predicted molar refractivity (Wildman–Crippen MR) is 90.5 cm³/mol. The predicted octanol–water partition coefficient (Wildman–Crippen LogP) is 4.43. The number of thioether (sulfide) groups is 1. The van der Waals surface area contributed by atoms with Crippen molar-refractivity contribution in [1.82, 2.24) is 9.88 Å². The van der Waals surface area contributed by atoms with Gasteiger partial charge in [0.2, 0.25) is 5.91 Å². The van der Waals surface area contributed by atoms with Crippen molar-refractivity contribution >= 4 is 29.3 Å². The van der Waals surface area contributed by atoms with E-state index < -0.39 is 11.7 Å². The minimum absolute atomic E-state index is 0.0836. The number of carbonyl (C=O) groups excluding carboxylic acids is 1. The second kappa shape index (κ2) is 7.25. The molecule has 0 aliphatic carbocycles. The maximum Gasteiger partial charge on any atom is 0.417 e. The van der Waals surface area contributed by atoms with Crippen molar-refractivity contribution in [3.05, 3.63) is 58.2 Å². The standard InChI is InChI=1S/C17H14ClF3N2OS/c18-14-7-13(17(19,20)21)8-22-16(14)25-10-15(24)23-6-5-11-3-1-2-4-12(11)9-23/h1-4,7-8H,5-6,9-10H2. The third kappa shape index (κ3) is 4.27. The largest absolute Gasteiger partial charge is 0.417 e. The van der Waals surface area contributed by atoms with Crippen LogP contribution < -0.4 is 0 Å². The Bertz CT molecular complexity index is 798. The zero-order chi connectivity index (χ0) is 18.0. The molecule has 0 N–H and O–H groups in total. The maximum atomic E-state index is 12.6. The van der Waals surface area contributed by atoms with E-state index in [1.54, 1.807) is 4.90 Å². The second-order valence-electron chi connectivity index (χ2n) is 5.63. The smallest absolute Gasteiger partial charge is 0.337 e. The van der Waals surface area contributed by atoms with Gasteiger partial charge in [-0.05, 0) is 23.6 Å². The van der Waals surface area contributed by atoms with Gasteiger partial charge in [0.1, 0.15) is 5.03 Å². The van der Waals surface area contributed by atoms with Crippen molar-refractivity contribution in [1.29, 1.82) is 0 Å². The van der Waals surface area contributed by atoms with Crippen LogP contribution in [-0.2, 0) is 23.9 Å². The Balaban J connectivity index is 1.62. The highest BCUT2D eigenvalue weighted by Gasteiger charge is 2.31. The molecule has 2 heterocycles. The molecule has 1 aliphatic rings. The Morgan fingerprint density at radius 1 is 1.28 bits per heavy atom. The quantitative estimate of drug-likeness (QED) is 0.731. The molecule has 1 aliphatic heterocycles. The van der Waals surface area contributed by atoms with E-state index in [0.29, 0.717) is 13.1 Å². The lowest BCUT2D eigenvalue weighted by molar-refractivity contribution is -0.138. The maximum absolute atomic E-state index is 12.6. The number of rotatable bonds is 3. The van der Waals surface area contributed by atoms with Gasteiger partial charge in [0.25, 0.3) is 0 Å². The third-order valence-electron chi connectivity index (χ3n) is 3.95. The first-order valence-corrected chi connectivity index (χ1v) is 8.91. The van der Waals surface area contributed by atoms with Crippen LogP contribution in [0.4, 0.5) is 13.2 Å². The number of hydrogen-bond acceptors (Lipinski definition) is 3. The van der Waals surface area contributed by atoms with Gasteiger partial charge in [0.15, 0.2) is 0 Å². The summed E-state index contributed by atoms with van der Waals surface area (Å²) in [5.41, 5.74) is 1.46. The number of hydrogen-bond donors (Lipinski definition) is 0. The summed E-state index contributed by atoms with van der Waals surface area (Å²) in [5.74, 6) is -0.00228. The van der Waals surface area contributed by atoms with E-state index in [1.165, 1.54) is 5.56 Å². The minimum atomic E-state index is -4.49. The van der Waals surface area contributed by atoms with Gasteiger partial charge in [-0.1, -0.05) is 47.6 Å². The van der Waals surface area contributed by atoms with Gasteiger partial charge in [-0.3, -0.25) is 4.79 Å². The number of amides is 1. The molecule has 1 aromatic heterocycles. The molecule has 2 aromatic rings. The van der Waals surface area contributed by atoms with Gasteiger partial charge in [-0.2, -0.15) is 13.2 Å². The molecular weight excluding hydrogens is 373 g/mol. The van der Waals surface area contributed by atoms with E-state index in [1.807, 2.05) is 18.2 Å². The SMILES string of the molecule is O=C(CSc1ncc(C(F)(F)F)cc1Cl)N1CCc2ccccc2C1. The van der Waals surface area contributed by atoms with Crippen molar-refractivity contribution < 1.29 is 18.0 Å². The second-order valence-corrected chi connectivity index (χ2v) is 7.00. The van der Waals surface area contributed by atoms with Crippen molar-refractivity contribution in [2.24, 2.45) is 0 Å². The van der Waals surface area contributed by atoms with Crippen LogP contribution in [0.3, 0.4) is 0 Å². The van der Waals surface area contributed by atoms with E-state index in [9.17, 15) is 18.0 Å². The lowest BCUT2D eigenvalue weighted by Crippen LogP contribution is -2.37. The summed E-state index contributed by atoms with van der Waals surface area (Å²) in [5, 5.41) is 0.122. The van der Waals surface area contributed by atoms with Crippen LogP contribution in [0.5, 0.6) is 0 Å². The molecule has 3 nitrogen and oxygen atoms in total. The summed E-state index contributed by atoms with van der Waals surface area (Å²) < 4.78 is 37.8. The molecule has 0 saturated heterocycles. The van der Waals surface area contributed by atoms with Crippen LogP contribution in [0.15, 0.2) is 41.6 Å². The monoisotopic (exact) mass is 386 g/mol. The van der Waals surface area contributed by atoms with E-state index >= 15 is 0 Å². The van der Waals surface area contributed by atoms with Gasteiger partial charge in [0.05, 0.1) is 16.3 Å². The van der Waals surface area contributed by atoms with Gasteiger partial charge < -0.3 is 4.90 Å². The van der Waals surface area contributed by atoms with Crippen LogP contribution in [0.2, 0.25) is 5.02 Å². The summed E-state index contributed by atoms with van der Waals surface area (Å²) in [6, 6.07) is 8.80. The number of alkyl halides is 3. The lowest BCUT2D eigenvalue weighted by atomic mass is 10.00. The average molecular weight is 387 g/mol. The van der Waals surface area contributed by atoms with Crippen molar-refractivity contribution in [3.63, 3.8) is 0 Å². The first-order chi connectivity index (χ1) is 11.8. The van der Waals surface area contributed by atoms with Crippen molar-refractivity contribution in [3.8, 4) is 0 Å². The van der Waals surface area contributed by atoms with Crippen LogP contribution in [-0.4, -0.2) is 28.1 Å². The van der Waals surface area contributed by atoms with Gasteiger partial charge in [-0.15, -0.1) is 0 Å². The summed E-state index contributed by atoms with van der Waals surface area (Å²) in [7, 11) is 0. The molecule has 25 heavy (non-hydrogen) atoms. The zero-order valence-electron chi connectivity index (χ0n) is 13.0. The molecule has 0 saturated carbocycles. The number of halogens is 4. The fourth-order valence-electron chi connectivity index (χ4n) is 2.62. The summed E-state index contributed by atoms with van der Waals surface area (Å²) >= 11 is 6.91. The fraction of sp³-hybridized carbons (Fsp3) is 0.294.